The summed E-state index contributed by atoms with van der Waals surface area (Å²) in [6.07, 6.45) is 3.91. The lowest BCUT2D eigenvalue weighted by Gasteiger charge is -2.38. The van der Waals surface area contributed by atoms with E-state index in [4.69, 9.17) is 4.74 Å². The van der Waals surface area contributed by atoms with Crippen molar-refractivity contribution in [3.05, 3.63) is 0 Å². The summed E-state index contributed by atoms with van der Waals surface area (Å²) in [7, 11) is 0. The van der Waals surface area contributed by atoms with Gasteiger partial charge in [0.15, 0.2) is 0 Å². The smallest absolute Gasteiger partial charge is 0.0591 e. The van der Waals surface area contributed by atoms with Crippen molar-refractivity contribution in [2.24, 2.45) is 17.8 Å². The van der Waals surface area contributed by atoms with Crippen molar-refractivity contribution in [1.29, 1.82) is 0 Å². The molecule has 16 heavy (non-hydrogen) atoms. The van der Waals surface area contributed by atoms with E-state index in [-0.39, 0.29) is 0 Å². The molecule has 0 aliphatic heterocycles. The standard InChI is InChI=1S/C14H29NO/c1-11(2)5-7-16-8-6-15-14-9-13(10-14)12(3)4/h11-15H,5-10H2,1-4H3. The fourth-order valence-electron chi connectivity index (χ4n) is 2.13. The fraction of sp³-hybridized carbons (Fsp3) is 1.00. The SMILES string of the molecule is CC(C)CCOCCNC1CC(C(C)C)C1. The van der Waals surface area contributed by atoms with Crippen molar-refractivity contribution in [3.63, 3.8) is 0 Å². The zero-order chi connectivity index (χ0) is 12.0. The first-order chi connectivity index (χ1) is 7.59. The van der Waals surface area contributed by atoms with Crippen molar-refractivity contribution >= 4 is 0 Å². The molecule has 0 atom stereocenters. The topological polar surface area (TPSA) is 21.3 Å². The average Bonchev–Trinajstić information content (AvgIpc) is 2.12. The van der Waals surface area contributed by atoms with Gasteiger partial charge >= 0.3 is 0 Å². The number of ether oxygens (including phenoxy) is 1. The first-order valence-electron chi connectivity index (χ1n) is 6.90. The van der Waals surface area contributed by atoms with Crippen LogP contribution in [0.4, 0.5) is 0 Å². The first-order valence-corrected chi connectivity index (χ1v) is 6.90. The lowest BCUT2D eigenvalue weighted by atomic mass is 9.74. The Morgan fingerprint density at radius 3 is 2.38 bits per heavy atom. The molecule has 1 rings (SSSR count). The second-order valence-electron chi connectivity index (χ2n) is 5.92. The Morgan fingerprint density at radius 1 is 1.12 bits per heavy atom. The normalized spacial score (nSPS) is 25.1. The van der Waals surface area contributed by atoms with Crippen LogP contribution >= 0.6 is 0 Å². The second-order valence-corrected chi connectivity index (χ2v) is 5.92. The minimum atomic E-state index is 0.756. The van der Waals surface area contributed by atoms with E-state index in [1.165, 1.54) is 19.3 Å². The molecule has 1 aliphatic carbocycles. The van der Waals surface area contributed by atoms with Crippen LogP contribution in [0.5, 0.6) is 0 Å². The Hall–Kier alpha value is -0.0800. The molecule has 1 saturated carbocycles. The Morgan fingerprint density at radius 2 is 1.81 bits per heavy atom. The highest BCUT2D eigenvalue weighted by atomic mass is 16.5. The Balaban J connectivity index is 1.83. The number of hydrogen-bond acceptors (Lipinski definition) is 2. The zero-order valence-corrected chi connectivity index (χ0v) is 11.5. The molecule has 2 nitrogen and oxygen atoms in total. The zero-order valence-electron chi connectivity index (χ0n) is 11.5. The van der Waals surface area contributed by atoms with Gasteiger partial charge in [-0.3, -0.25) is 0 Å². The van der Waals surface area contributed by atoms with E-state index in [1.54, 1.807) is 0 Å². The minimum absolute atomic E-state index is 0.756. The van der Waals surface area contributed by atoms with Crippen molar-refractivity contribution < 1.29 is 4.74 Å². The molecule has 1 fully saturated rings. The number of rotatable bonds is 8. The third-order valence-corrected chi connectivity index (χ3v) is 3.64. The van der Waals surface area contributed by atoms with Gasteiger partial charge in [-0.15, -0.1) is 0 Å². The van der Waals surface area contributed by atoms with Crippen LogP contribution in [0.15, 0.2) is 0 Å². The summed E-state index contributed by atoms with van der Waals surface area (Å²) in [6.45, 7) is 11.9. The molecular formula is C14H29NO. The summed E-state index contributed by atoms with van der Waals surface area (Å²) in [5, 5.41) is 3.57. The van der Waals surface area contributed by atoms with E-state index in [1.807, 2.05) is 0 Å². The predicted molar refractivity (Wildman–Crippen MR) is 69.6 cm³/mol. The molecule has 0 aromatic carbocycles. The Labute approximate surface area is 101 Å². The molecule has 0 bridgehead atoms. The van der Waals surface area contributed by atoms with E-state index in [2.05, 4.69) is 33.0 Å². The van der Waals surface area contributed by atoms with Crippen LogP contribution in [-0.2, 0) is 4.74 Å². The maximum absolute atomic E-state index is 5.58. The van der Waals surface area contributed by atoms with Crippen molar-refractivity contribution in [1.82, 2.24) is 5.32 Å². The average molecular weight is 227 g/mol. The molecule has 2 heteroatoms. The molecular weight excluding hydrogens is 198 g/mol. The maximum Gasteiger partial charge on any atom is 0.0591 e. The second kappa shape index (κ2) is 7.29. The van der Waals surface area contributed by atoms with Crippen molar-refractivity contribution in [3.8, 4) is 0 Å². The molecule has 0 heterocycles. The predicted octanol–water partition coefficient (Wildman–Crippen LogP) is 3.07. The van der Waals surface area contributed by atoms with Gasteiger partial charge in [-0.05, 0) is 37.0 Å². The molecule has 0 radical (unpaired) electrons. The third-order valence-electron chi connectivity index (χ3n) is 3.64. The summed E-state index contributed by atoms with van der Waals surface area (Å²) < 4.78 is 5.58. The van der Waals surface area contributed by atoms with Crippen LogP contribution in [0.3, 0.4) is 0 Å². The Kier molecular flexibility index (Phi) is 6.37. The highest BCUT2D eigenvalue weighted by Gasteiger charge is 2.30. The van der Waals surface area contributed by atoms with Crippen LogP contribution in [0.2, 0.25) is 0 Å². The molecule has 0 spiro atoms. The molecule has 0 aromatic heterocycles. The van der Waals surface area contributed by atoms with Gasteiger partial charge in [0.1, 0.15) is 0 Å². The van der Waals surface area contributed by atoms with E-state index >= 15 is 0 Å². The van der Waals surface area contributed by atoms with E-state index in [0.29, 0.717) is 0 Å². The van der Waals surface area contributed by atoms with E-state index in [9.17, 15) is 0 Å². The lowest BCUT2D eigenvalue weighted by molar-refractivity contribution is 0.110. The number of nitrogens with one attached hydrogen (secondary N) is 1. The molecule has 0 amide bonds. The van der Waals surface area contributed by atoms with Gasteiger partial charge in [0.2, 0.25) is 0 Å². The van der Waals surface area contributed by atoms with E-state index in [0.717, 1.165) is 43.6 Å². The van der Waals surface area contributed by atoms with Gasteiger partial charge < -0.3 is 10.1 Å². The van der Waals surface area contributed by atoms with Crippen LogP contribution in [0.25, 0.3) is 0 Å². The third kappa shape index (κ3) is 5.31. The summed E-state index contributed by atoms with van der Waals surface area (Å²) in [5.41, 5.74) is 0. The van der Waals surface area contributed by atoms with Crippen LogP contribution < -0.4 is 5.32 Å². The molecule has 1 N–H and O–H groups in total. The molecule has 96 valence electrons. The van der Waals surface area contributed by atoms with Gasteiger partial charge in [0, 0.05) is 19.2 Å². The molecule has 0 aromatic rings. The van der Waals surface area contributed by atoms with E-state index < -0.39 is 0 Å². The molecule has 1 aliphatic rings. The van der Waals surface area contributed by atoms with Crippen LogP contribution in [-0.4, -0.2) is 25.8 Å². The van der Waals surface area contributed by atoms with Crippen molar-refractivity contribution in [2.75, 3.05) is 19.8 Å². The molecule has 0 unspecified atom stereocenters. The van der Waals surface area contributed by atoms with Crippen LogP contribution in [0, 0.1) is 17.8 Å². The van der Waals surface area contributed by atoms with Gasteiger partial charge in [-0.2, -0.15) is 0 Å². The fourth-order valence-corrected chi connectivity index (χ4v) is 2.13. The summed E-state index contributed by atoms with van der Waals surface area (Å²) >= 11 is 0. The highest BCUT2D eigenvalue weighted by molar-refractivity contribution is 4.86. The van der Waals surface area contributed by atoms with Gasteiger partial charge in [0.25, 0.3) is 0 Å². The Bertz CT molecular complexity index is 174. The summed E-state index contributed by atoms with van der Waals surface area (Å²) in [5.74, 6) is 2.58. The highest BCUT2D eigenvalue weighted by Crippen LogP contribution is 2.33. The monoisotopic (exact) mass is 227 g/mol. The van der Waals surface area contributed by atoms with Crippen molar-refractivity contribution in [2.45, 2.75) is 53.0 Å². The van der Waals surface area contributed by atoms with Gasteiger partial charge in [-0.1, -0.05) is 27.7 Å². The summed E-state index contributed by atoms with van der Waals surface area (Å²) in [6, 6.07) is 0.765. The van der Waals surface area contributed by atoms with Gasteiger partial charge in [-0.25, -0.2) is 0 Å². The lowest BCUT2D eigenvalue weighted by Crippen LogP contribution is -2.44. The summed E-state index contributed by atoms with van der Waals surface area (Å²) in [4.78, 5) is 0. The largest absolute Gasteiger partial charge is 0.380 e. The first kappa shape index (κ1) is 14.0. The molecule has 0 saturated heterocycles. The minimum Gasteiger partial charge on any atom is -0.380 e. The quantitative estimate of drug-likeness (QED) is 0.643. The maximum atomic E-state index is 5.58. The van der Waals surface area contributed by atoms with Crippen LogP contribution in [0.1, 0.15) is 47.0 Å². The van der Waals surface area contributed by atoms with Gasteiger partial charge in [0.05, 0.1) is 6.61 Å². The number of hydrogen-bond donors (Lipinski definition) is 1.